The van der Waals surface area contributed by atoms with Crippen molar-refractivity contribution in [2.75, 3.05) is 0 Å². The molecule has 0 saturated carbocycles. The van der Waals surface area contributed by atoms with Gasteiger partial charge in [0, 0.05) is 19.2 Å². The Kier molecular flexibility index (Phi) is 4.25. The summed E-state index contributed by atoms with van der Waals surface area (Å²) >= 11 is 0. The molecule has 0 fully saturated rings. The molecule has 6 heteroatoms. The minimum atomic E-state index is -1.03. The molecule has 0 amide bonds. The smallest absolute Gasteiger partial charge is 0.320 e. The van der Waals surface area contributed by atoms with Crippen LogP contribution in [0.1, 0.15) is 11.3 Å². The lowest BCUT2D eigenvalue weighted by molar-refractivity contribution is -0.138. The minimum Gasteiger partial charge on any atom is -0.480 e. The van der Waals surface area contributed by atoms with Gasteiger partial charge >= 0.3 is 5.97 Å². The van der Waals surface area contributed by atoms with Crippen LogP contribution in [-0.4, -0.2) is 32.1 Å². The molecule has 0 radical (unpaired) electrons. The highest BCUT2D eigenvalue weighted by molar-refractivity contribution is 5.73. The highest BCUT2D eigenvalue weighted by atomic mass is 16.4. The molecule has 100 valence electrons. The van der Waals surface area contributed by atoms with E-state index in [4.69, 9.17) is 10.8 Å². The van der Waals surface area contributed by atoms with E-state index in [0.717, 1.165) is 6.42 Å². The van der Waals surface area contributed by atoms with Gasteiger partial charge in [0.2, 0.25) is 0 Å². The quantitative estimate of drug-likeness (QED) is 0.787. The Morgan fingerprint density at radius 1 is 1.37 bits per heavy atom. The van der Waals surface area contributed by atoms with Crippen LogP contribution in [-0.2, 0) is 24.2 Å². The Bertz CT molecular complexity index is 539. The fourth-order valence-electron chi connectivity index (χ4n) is 1.74. The molecular formula is C13H16N4O2. The molecule has 0 saturated heterocycles. The number of hydrogen-bond donors (Lipinski definition) is 2. The Balaban J connectivity index is 1.89. The van der Waals surface area contributed by atoms with Gasteiger partial charge in [0.1, 0.15) is 6.04 Å². The van der Waals surface area contributed by atoms with E-state index < -0.39 is 12.0 Å². The molecule has 0 aliphatic heterocycles. The largest absolute Gasteiger partial charge is 0.480 e. The maximum Gasteiger partial charge on any atom is 0.320 e. The van der Waals surface area contributed by atoms with E-state index in [-0.39, 0.29) is 6.42 Å². The summed E-state index contributed by atoms with van der Waals surface area (Å²) in [6.07, 6.45) is 2.79. The normalized spacial score (nSPS) is 12.3. The van der Waals surface area contributed by atoms with Crippen molar-refractivity contribution >= 4 is 5.97 Å². The average molecular weight is 260 g/mol. The molecule has 19 heavy (non-hydrogen) atoms. The van der Waals surface area contributed by atoms with E-state index in [1.165, 1.54) is 5.56 Å². The summed E-state index contributed by atoms with van der Waals surface area (Å²) in [5.74, 6) is -1.03. The summed E-state index contributed by atoms with van der Waals surface area (Å²) < 4.78 is 1.71. The monoisotopic (exact) mass is 260 g/mol. The van der Waals surface area contributed by atoms with E-state index in [0.29, 0.717) is 12.2 Å². The number of benzene rings is 1. The molecule has 0 aliphatic carbocycles. The van der Waals surface area contributed by atoms with Crippen LogP contribution < -0.4 is 5.73 Å². The molecule has 1 aromatic carbocycles. The Morgan fingerprint density at radius 3 is 2.79 bits per heavy atom. The van der Waals surface area contributed by atoms with Gasteiger partial charge in [-0.1, -0.05) is 35.5 Å². The van der Waals surface area contributed by atoms with Crippen LogP contribution in [0.2, 0.25) is 0 Å². The van der Waals surface area contributed by atoms with Gasteiger partial charge in [0.05, 0.1) is 5.69 Å². The predicted molar refractivity (Wildman–Crippen MR) is 69.5 cm³/mol. The van der Waals surface area contributed by atoms with E-state index in [1.54, 1.807) is 10.9 Å². The van der Waals surface area contributed by atoms with Crippen molar-refractivity contribution in [3.05, 3.63) is 47.8 Å². The Morgan fingerprint density at radius 2 is 2.11 bits per heavy atom. The van der Waals surface area contributed by atoms with Crippen LogP contribution in [0, 0.1) is 0 Å². The second kappa shape index (κ2) is 6.10. The lowest BCUT2D eigenvalue weighted by atomic mass is 10.1. The fraction of sp³-hybridized carbons (Fsp3) is 0.308. The zero-order chi connectivity index (χ0) is 13.7. The van der Waals surface area contributed by atoms with E-state index in [2.05, 4.69) is 22.4 Å². The summed E-state index contributed by atoms with van der Waals surface area (Å²) in [6, 6.07) is 9.14. The van der Waals surface area contributed by atoms with Crippen LogP contribution in [0.5, 0.6) is 0 Å². The molecule has 0 bridgehead atoms. The first-order chi connectivity index (χ1) is 9.15. The van der Waals surface area contributed by atoms with Crippen LogP contribution in [0.25, 0.3) is 0 Å². The van der Waals surface area contributed by atoms with Crippen molar-refractivity contribution in [1.29, 1.82) is 0 Å². The third-order valence-corrected chi connectivity index (χ3v) is 2.80. The maximum atomic E-state index is 10.6. The zero-order valence-electron chi connectivity index (χ0n) is 10.4. The van der Waals surface area contributed by atoms with E-state index >= 15 is 0 Å². The maximum absolute atomic E-state index is 10.6. The molecule has 0 aliphatic rings. The number of carboxylic acids is 1. The molecule has 1 unspecified atom stereocenters. The first-order valence-electron chi connectivity index (χ1n) is 6.06. The SMILES string of the molecule is NC(Cc1cn(CCc2ccccc2)nn1)C(=O)O. The molecule has 2 rings (SSSR count). The second-order valence-electron chi connectivity index (χ2n) is 4.36. The van der Waals surface area contributed by atoms with Gasteiger partial charge in [-0.15, -0.1) is 5.10 Å². The number of nitrogens with zero attached hydrogens (tertiary/aromatic N) is 3. The van der Waals surface area contributed by atoms with E-state index in [1.807, 2.05) is 18.2 Å². The van der Waals surface area contributed by atoms with Gasteiger partial charge in [-0.2, -0.15) is 0 Å². The zero-order valence-corrected chi connectivity index (χ0v) is 10.4. The van der Waals surface area contributed by atoms with Gasteiger partial charge < -0.3 is 10.8 Å². The van der Waals surface area contributed by atoms with Crippen LogP contribution in [0.15, 0.2) is 36.5 Å². The standard InChI is InChI=1S/C13H16N4O2/c14-12(13(18)19)8-11-9-17(16-15-11)7-6-10-4-2-1-3-5-10/h1-5,9,12H,6-8,14H2,(H,18,19). The number of aliphatic carboxylic acids is 1. The third kappa shape index (κ3) is 3.89. The number of aromatic nitrogens is 3. The van der Waals surface area contributed by atoms with Crippen molar-refractivity contribution in [1.82, 2.24) is 15.0 Å². The number of carboxylic acid groups (broad SMARTS) is 1. The highest BCUT2D eigenvalue weighted by Crippen LogP contribution is 2.03. The number of hydrogen-bond acceptors (Lipinski definition) is 4. The molecule has 0 spiro atoms. The number of carbonyl (C=O) groups is 1. The lowest BCUT2D eigenvalue weighted by Crippen LogP contribution is -2.32. The van der Waals surface area contributed by atoms with Crippen molar-refractivity contribution in [3.63, 3.8) is 0 Å². The van der Waals surface area contributed by atoms with Crippen LogP contribution >= 0.6 is 0 Å². The first kappa shape index (κ1) is 13.2. The summed E-state index contributed by atoms with van der Waals surface area (Å²) in [7, 11) is 0. The second-order valence-corrected chi connectivity index (χ2v) is 4.36. The fourth-order valence-corrected chi connectivity index (χ4v) is 1.74. The van der Waals surface area contributed by atoms with Gasteiger partial charge in [-0.05, 0) is 12.0 Å². The van der Waals surface area contributed by atoms with Crippen LogP contribution in [0.4, 0.5) is 0 Å². The number of aryl methyl sites for hydroxylation is 2. The van der Waals surface area contributed by atoms with Crippen LogP contribution in [0.3, 0.4) is 0 Å². The summed E-state index contributed by atoms with van der Waals surface area (Å²) in [6.45, 7) is 0.708. The first-order valence-corrected chi connectivity index (χ1v) is 6.06. The molecule has 6 nitrogen and oxygen atoms in total. The molecule has 1 heterocycles. The molecule has 3 N–H and O–H groups in total. The molecule has 2 aromatic rings. The van der Waals surface area contributed by atoms with Crippen molar-refractivity contribution in [3.8, 4) is 0 Å². The molecule has 1 aromatic heterocycles. The predicted octanol–water partition coefficient (Wildman–Crippen LogP) is 0.475. The summed E-state index contributed by atoms with van der Waals surface area (Å²) in [5, 5.41) is 16.6. The van der Waals surface area contributed by atoms with Gasteiger partial charge in [-0.3, -0.25) is 9.48 Å². The summed E-state index contributed by atoms with van der Waals surface area (Å²) in [5.41, 5.74) is 7.27. The van der Waals surface area contributed by atoms with Crippen molar-refractivity contribution in [2.45, 2.75) is 25.4 Å². The average Bonchev–Trinajstić information content (AvgIpc) is 2.85. The third-order valence-electron chi connectivity index (χ3n) is 2.80. The van der Waals surface area contributed by atoms with Gasteiger partial charge in [0.15, 0.2) is 0 Å². The Labute approximate surface area is 110 Å². The molecular weight excluding hydrogens is 244 g/mol. The molecule has 1 atom stereocenters. The number of nitrogens with two attached hydrogens (primary N) is 1. The topological polar surface area (TPSA) is 94.0 Å². The lowest BCUT2D eigenvalue weighted by Gasteiger charge is -2.02. The highest BCUT2D eigenvalue weighted by Gasteiger charge is 2.14. The summed E-state index contributed by atoms with van der Waals surface area (Å²) in [4.78, 5) is 10.6. The van der Waals surface area contributed by atoms with Crippen molar-refractivity contribution < 1.29 is 9.90 Å². The minimum absolute atomic E-state index is 0.195. The number of rotatable bonds is 6. The van der Waals surface area contributed by atoms with Gasteiger partial charge in [-0.25, -0.2) is 0 Å². The Hall–Kier alpha value is -2.21. The van der Waals surface area contributed by atoms with E-state index in [9.17, 15) is 4.79 Å². The van der Waals surface area contributed by atoms with Gasteiger partial charge in [0.25, 0.3) is 0 Å². The van der Waals surface area contributed by atoms with Crippen molar-refractivity contribution in [2.24, 2.45) is 5.73 Å².